The van der Waals surface area contributed by atoms with Crippen LogP contribution >= 0.6 is 0 Å². The quantitative estimate of drug-likeness (QED) is 0.281. The first-order valence-corrected chi connectivity index (χ1v) is 15.5. The van der Waals surface area contributed by atoms with Crippen LogP contribution < -0.4 is 25.8 Å². The third kappa shape index (κ3) is 5.34. The van der Waals surface area contributed by atoms with E-state index in [1.807, 2.05) is 36.0 Å². The molecule has 2 amide bonds. The predicted octanol–water partition coefficient (Wildman–Crippen LogP) is 3.20. The third-order valence-corrected chi connectivity index (χ3v) is 9.31. The highest BCUT2D eigenvalue weighted by Crippen LogP contribution is 2.33. The molecule has 3 atom stereocenters. The fourth-order valence-electron chi connectivity index (χ4n) is 6.77. The van der Waals surface area contributed by atoms with E-state index in [4.69, 9.17) is 14.8 Å². The Morgan fingerprint density at radius 3 is 2.76 bits per heavy atom. The number of nitriles is 1. The summed E-state index contributed by atoms with van der Waals surface area (Å²) in [5.41, 5.74) is 5.66. The molecule has 0 saturated carbocycles. The molecule has 3 N–H and O–H groups in total. The maximum absolute atomic E-state index is 12.5. The number of nitrogens with one attached hydrogen (secondary N) is 3. The van der Waals surface area contributed by atoms with Gasteiger partial charge in [0.15, 0.2) is 5.82 Å². The van der Waals surface area contributed by atoms with Crippen LogP contribution in [0.4, 0.5) is 28.8 Å². The summed E-state index contributed by atoms with van der Waals surface area (Å²) in [6.07, 6.45) is 4.26. The standard InChI is InChI=1S/C33H36N10O3/c1-41-26-9-7-21(13-19(26)14-29(41)44)38-31-20(16-34)17-36-33(39-31)43-12-10-25(28(18-43)46-3)37-22-6-8-23-27(15-22)42(2)40-30(23)24-5-4-11-35-32(24)45/h6-9,13,15,17,24-25,28,37H,4-5,10-12,14,18H2,1-3H3,(H,35,45)(H,36,38,39)/t24?,25-,28-/m1/s1. The second-order valence-electron chi connectivity index (χ2n) is 12.1. The number of fused-ring (bicyclic) bond motifs is 2. The minimum absolute atomic E-state index is 0.0405. The molecular weight excluding hydrogens is 584 g/mol. The van der Waals surface area contributed by atoms with E-state index in [9.17, 15) is 14.9 Å². The Kier molecular flexibility index (Phi) is 7.66. The molecule has 0 radical (unpaired) electrons. The molecule has 7 rings (SSSR count). The summed E-state index contributed by atoms with van der Waals surface area (Å²) in [6.45, 7) is 1.97. The number of rotatable bonds is 7. The number of piperidine rings is 2. The number of ether oxygens (including phenoxy) is 1. The second-order valence-corrected chi connectivity index (χ2v) is 12.1. The molecule has 1 unspecified atom stereocenters. The van der Waals surface area contributed by atoms with Crippen LogP contribution in [0.2, 0.25) is 0 Å². The summed E-state index contributed by atoms with van der Waals surface area (Å²) in [4.78, 5) is 37.6. The fourth-order valence-corrected chi connectivity index (χ4v) is 6.77. The number of aromatic nitrogens is 4. The lowest BCUT2D eigenvalue weighted by atomic mass is 9.93. The topological polar surface area (TPSA) is 153 Å². The number of carbonyl (C=O) groups is 2. The van der Waals surface area contributed by atoms with Crippen molar-refractivity contribution in [2.24, 2.45) is 7.05 Å². The summed E-state index contributed by atoms with van der Waals surface area (Å²) in [6, 6.07) is 14.1. The third-order valence-electron chi connectivity index (χ3n) is 9.31. The number of likely N-dealkylation sites (N-methyl/N-ethyl adjacent to an activating group) is 1. The Hall–Kier alpha value is -5.22. The number of hydrogen-bond acceptors (Lipinski definition) is 10. The van der Waals surface area contributed by atoms with Crippen LogP contribution in [0, 0.1) is 11.3 Å². The van der Waals surface area contributed by atoms with Gasteiger partial charge in [0.05, 0.1) is 41.9 Å². The number of hydrogen-bond donors (Lipinski definition) is 3. The van der Waals surface area contributed by atoms with Crippen LogP contribution in [0.5, 0.6) is 0 Å². The van der Waals surface area contributed by atoms with Crippen molar-refractivity contribution >= 4 is 51.5 Å². The minimum atomic E-state index is -0.222. The number of aryl methyl sites for hydroxylation is 1. The maximum Gasteiger partial charge on any atom is 0.231 e. The number of carbonyl (C=O) groups excluding carboxylic acids is 2. The van der Waals surface area contributed by atoms with Gasteiger partial charge in [-0.05, 0) is 61.2 Å². The smallest absolute Gasteiger partial charge is 0.231 e. The Morgan fingerprint density at radius 1 is 1.11 bits per heavy atom. The summed E-state index contributed by atoms with van der Waals surface area (Å²) < 4.78 is 7.79. The van der Waals surface area contributed by atoms with Crippen molar-refractivity contribution in [3.63, 3.8) is 0 Å². The first kappa shape index (κ1) is 29.5. The number of anilines is 5. The van der Waals surface area contributed by atoms with Crippen LogP contribution in [0.1, 0.15) is 42.0 Å². The molecule has 3 aliphatic heterocycles. The maximum atomic E-state index is 12.5. The molecule has 0 bridgehead atoms. The van der Waals surface area contributed by atoms with Gasteiger partial charge in [-0.1, -0.05) is 0 Å². The van der Waals surface area contributed by atoms with Crippen molar-refractivity contribution < 1.29 is 14.3 Å². The largest absolute Gasteiger partial charge is 0.379 e. The Labute approximate surface area is 266 Å². The molecule has 5 heterocycles. The fraction of sp³-hybridized carbons (Fsp3) is 0.394. The summed E-state index contributed by atoms with van der Waals surface area (Å²) >= 11 is 0. The van der Waals surface area contributed by atoms with Gasteiger partial charge < -0.3 is 30.5 Å². The highest BCUT2D eigenvalue weighted by atomic mass is 16.5. The van der Waals surface area contributed by atoms with E-state index in [1.165, 1.54) is 6.20 Å². The van der Waals surface area contributed by atoms with Crippen molar-refractivity contribution in [3.05, 3.63) is 59.4 Å². The highest BCUT2D eigenvalue weighted by molar-refractivity contribution is 6.01. The van der Waals surface area contributed by atoms with Gasteiger partial charge in [0.2, 0.25) is 17.8 Å². The second kappa shape index (κ2) is 11.9. The Balaban J connectivity index is 1.06. The lowest BCUT2D eigenvalue weighted by molar-refractivity contribution is -0.124. The zero-order valence-corrected chi connectivity index (χ0v) is 26.1. The zero-order valence-electron chi connectivity index (χ0n) is 26.1. The average Bonchev–Trinajstić information content (AvgIpc) is 3.54. The van der Waals surface area contributed by atoms with Crippen LogP contribution in [-0.2, 0) is 27.8 Å². The van der Waals surface area contributed by atoms with Gasteiger partial charge in [-0.25, -0.2) is 4.98 Å². The number of amides is 2. The zero-order chi connectivity index (χ0) is 31.9. The van der Waals surface area contributed by atoms with Crippen LogP contribution in [0.25, 0.3) is 10.9 Å². The first-order valence-electron chi connectivity index (χ1n) is 15.5. The number of methoxy groups -OCH3 is 1. The summed E-state index contributed by atoms with van der Waals surface area (Å²) in [5, 5.41) is 25.4. The normalized spacial score (nSPS) is 21.2. The van der Waals surface area contributed by atoms with E-state index in [2.05, 4.69) is 44.0 Å². The van der Waals surface area contributed by atoms with Gasteiger partial charge in [0.1, 0.15) is 11.6 Å². The molecule has 3 aliphatic rings. The summed E-state index contributed by atoms with van der Waals surface area (Å²) in [7, 11) is 5.39. The molecule has 236 valence electrons. The molecule has 2 fully saturated rings. The molecule has 2 aromatic heterocycles. The lowest BCUT2D eigenvalue weighted by Crippen LogP contribution is -2.51. The number of benzene rings is 2. The monoisotopic (exact) mass is 620 g/mol. The van der Waals surface area contributed by atoms with E-state index < -0.39 is 0 Å². The molecule has 0 aliphatic carbocycles. The van der Waals surface area contributed by atoms with E-state index >= 15 is 0 Å². The van der Waals surface area contributed by atoms with Crippen LogP contribution in [0.3, 0.4) is 0 Å². The Bertz CT molecular complexity index is 1880. The van der Waals surface area contributed by atoms with Crippen LogP contribution in [0.15, 0.2) is 42.6 Å². The molecule has 0 spiro atoms. The van der Waals surface area contributed by atoms with Crippen molar-refractivity contribution in [2.75, 3.05) is 54.2 Å². The first-order chi connectivity index (χ1) is 22.3. The van der Waals surface area contributed by atoms with Crippen LogP contribution in [-0.4, -0.2) is 77.5 Å². The molecule has 2 aromatic carbocycles. The highest BCUT2D eigenvalue weighted by Gasteiger charge is 2.32. The summed E-state index contributed by atoms with van der Waals surface area (Å²) in [5.74, 6) is 0.796. The minimum Gasteiger partial charge on any atom is -0.379 e. The molecule has 2 saturated heterocycles. The van der Waals surface area contributed by atoms with E-state index in [1.54, 1.807) is 19.1 Å². The van der Waals surface area contributed by atoms with Crippen molar-refractivity contribution in [3.8, 4) is 6.07 Å². The van der Waals surface area contributed by atoms with Crippen molar-refractivity contribution in [1.29, 1.82) is 5.26 Å². The van der Waals surface area contributed by atoms with E-state index in [-0.39, 0.29) is 29.9 Å². The Morgan fingerprint density at radius 2 is 1.96 bits per heavy atom. The van der Waals surface area contributed by atoms with Gasteiger partial charge in [0, 0.05) is 63.3 Å². The lowest BCUT2D eigenvalue weighted by Gasteiger charge is -2.38. The molecule has 46 heavy (non-hydrogen) atoms. The van der Waals surface area contributed by atoms with Gasteiger partial charge in [-0.2, -0.15) is 15.3 Å². The number of nitrogens with zero attached hydrogens (tertiary/aromatic N) is 7. The molecule has 4 aromatic rings. The predicted molar refractivity (Wildman–Crippen MR) is 174 cm³/mol. The molecular formula is C33H36N10O3. The van der Waals surface area contributed by atoms with Crippen molar-refractivity contribution in [1.82, 2.24) is 25.1 Å². The average molecular weight is 621 g/mol. The van der Waals surface area contributed by atoms with Gasteiger partial charge in [-0.3, -0.25) is 14.3 Å². The molecule has 13 nitrogen and oxygen atoms in total. The van der Waals surface area contributed by atoms with Gasteiger partial charge in [0.25, 0.3) is 0 Å². The van der Waals surface area contributed by atoms with E-state index in [0.29, 0.717) is 36.8 Å². The SMILES string of the molecule is CO[C@@H]1CN(c2ncc(C#N)c(Nc3ccc4c(c3)CC(=O)N4C)n2)CC[C@H]1Nc1ccc2c(C3CCCNC3=O)nn(C)c2c1. The van der Waals surface area contributed by atoms with E-state index in [0.717, 1.165) is 65.0 Å². The molecule has 13 heteroatoms. The van der Waals surface area contributed by atoms with Crippen molar-refractivity contribution in [2.45, 2.75) is 43.7 Å². The van der Waals surface area contributed by atoms with Gasteiger partial charge in [-0.15, -0.1) is 0 Å². The van der Waals surface area contributed by atoms with Gasteiger partial charge >= 0.3 is 0 Å².